The zero-order chi connectivity index (χ0) is 18.5. The van der Waals surface area contributed by atoms with E-state index in [0.29, 0.717) is 5.56 Å². The third-order valence-corrected chi connectivity index (χ3v) is 5.18. The molecule has 0 fully saturated rings. The van der Waals surface area contributed by atoms with Gasteiger partial charge in [0.15, 0.2) is 0 Å². The molecule has 2 aromatic carbocycles. The Morgan fingerprint density at radius 2 is 1.96 bits per heavy atom. The maximum Gasteiger partial charge on any atom is 0.416 e. The van der Waals surface area contributed by atoms with Crippen LogP contribution >= 0.6 is 0 Å². The van der Waals surface area contributed by atoms with Crippen LogP contribution in [-0.4, -0.2) is 11.1 Å². The first-order valence-corrected chi connectivity index (χ1v) is 8.32. The van der Waals surface area contributed by atoms with Crippen LogP contribution in [0.25, 0.3) is 0 Å². The number of benzene rings is 2. The van der Waals surface area contributed by atoms with Crippen LogP contribution in [0.5, 0.6) is 0 Å². The Balaban J connectivity index is 1.76. The number of carboxylic acids is 1. The maximum atomic E-state index is 13.1. The Hall–Kier alpha value is -2.76. The lowest BCUT2D eigenvalue weighted by molar-refractivity contribution is -0.137. The summed E-state index contributed by atoms with van der Waals surface area (Å²) in [6.45, 7) is 0. The first-order chi connectivity index (χ1) is 12.3. The summed E-state index contributed by atoms with van der Waals surface area (Å²) in [4.78, 5) is 11.3. The van der Waals surface area contributed by atoms with Gasteiger partial charge in [0.1, 0.15) is 0 Å². The van der Waals surface area contributed by atoms with E-state index in [4.69, 9.17) is 0 Å². The minimum absolute atomic E-state index is 0.00917. The predicted molar refractivity (Wildman–Crippen MR) is 91.2 cm³/mol. The van der Waals surface area contributed by atoms with Gasteiger partial charge >= 0.3 is 12.1 Å². The zero-order valence-corrected chi connectivity index (χ0v) is 13.6. The van der Waals surface area contributed by atoms with E-state index in [9.17, 15) is 23.1 Å². The number of rotatable bonds is 2. The van der Waals surface area contributed by atoms with Gasteiger partial charge in [-0.25, -0.2) is 4.79 Å². The molecule has 1 aliphatic heterocycles. The van der Waals surface area contributed by atoms with E-state index < -0.39 is 17.7 Å². The van der Waals surface area contributed by atoms with Crippen LogP contribution in [0.2, 0.25) is 0 Å². The third-order valence-electron chi connectivity index (χ3n) is 5.18. The molecule has 6 heteroatoms. The molecule has 0 aromatic heterocycles. The second-order valence-corrected chi connectivity index (χ2v) is 6.71. The van der Waals surface area contributed by atoms with Crippen molar-refractivity contribution in [2.24, 2.45) is 5.92 Å². The number of alkyl halides is 3. The second kappa shape index (κ2) is 5.90. The van der Waals surface area contributed by atoms with E-state index in [2.05, 4.69) is 5.32 Å². The highest BCUT2D eigenvalue weighted by Gasteiger charge is 2.39. The maximum absolute atomic E-state index is 13.1. The van der Waals surface area contributed by atoms with E-state index in [0.717, 1.165) is 23.7 Å². The summed E-state index contributed by atoms with van der Waals surface area (Å²) >= 11 is 0. The molecule has 2 N–H and O–H groups in total. The first-order valence-electron chi connectivity index (χ1n) is 8.32. The van der Waals surface area contributed by atoms with Crippen molar-refractivity contribution >= 4 is 11.7 Å². The molecule has 1 heterocycles. The van der Waals surface area contributed by atoms with Crippen molar-refractivity contribution in [3.8, 4) is 0 Å². The number of hydrogen-bond donors (Lipinski definition) is 2. The molecule has 3 unspecified atom stereocenters. The average molecular weight is 359 g/mol. The Labute approximate surface area is 148 Å². The molecule has 3 nitrogen and oxygen atoms in total. The lowest BCUT2D eigenvalue weighted by Crippen LogP contribution is -2.29. The fourth-order valence-corrected chi connectivity index (χ4v) is 3.97. The SMILES string of the molecule is O=C(O)c1ccc2c(c1)C1C=CCC1C(c1cccc(C(F)(F)F)c1)N2. The smallest absolute Gasteiger partial charge is 0.416 e. The summed E-state index contributed by atoms with van der Waals surface area (Å²) in [5.74, 6) is -0.952. The summed E-state index contributed by atoms with van der Waals surface area (Å²) < 4.78 is 39.2. The van der Waals surface area contributed by atoms with Crippen molar-refractivity contribution in [2.45, 2.75) is 24.6 Å². The average Bonchev–Trinajstić information content (AvgIpc) is 3.10. The monoisotopic (exact) mass is 359 g/mol. The van der Waals surface area contributed by atoms with Crippen molar-refractivity contribution in [3.05, 3.63) is 76.9 Å². The minimum atomic E-state index is -4.38. The highest BCUT2D eigenvalue weighted by Crippen LogP contribution is 2.50. The molecule has 0 spiro atoms. The fourth-order valence-electron chi connectivity index (χ4n) is 3.97. The van der Waals surface area contributed by atoms with E-state index in [-0.39, 0.29) is 23.4 Å². The molecule has 2 aromatic rings. The lowest BCUT2D eigenvalue weighted by atomic mass is 9.76. The van der Waals surface area contributed by atoms with Crippen molar-refractivity contribution in [1.82, 2.24) is 0 Å². The van der Waals surface area contributed by atoms with Crippen LogP contribution in [-0.2, 0) is 6.18 Å². The van der Waals surface area contributed by atoms with Gasteiger partial charge in [-0.05, 0) is 53.8 Å². The van der Waals surface area contributed by atoms with Gasteiger partial charge in [-0.3, -0.25) is 0 Å². The lowest BCUT2D eigenvalue weighted by Gasteiger charge is -2.37. The molecule has 0 saturated heterocycles. The van der Waals surface area contributed by atoms with Gasteiger partial charge in [-0.1, -0.05) is 24.3 Å². The number of aromatic carboxylic acids is 1. The van der Waals surface area contributed by atoms with Gasteiger partial charge < -0.3 is 10.4 Å². The van der Waals surface area contributed by atoms with Gasteiger partial charge in [-0.15, -0.1) is 0 Å². The number of fused-ring (bicyclic) bond motifs is 3. The van der Waals surface area contributed by atoms with Crippen LogP contribution in [0.15, 0.2) is 54.6 Å². The van der Waals surface area contributed by atoms with Crippen molar-refractivity contribution in [2.75, 3.05) is 5.32 Å². The van der Waals surface area contributed by atoms with Crippen LogP contribution in [0.1, 0.15) is 45.4 Å². The number of halogens is 3. The summed E-state index contributed by atoms with van der Waals surface area (Å²) in [5.41, 5.74) is 1.79. The van der Waals surface area contributed by atoms with Crippen molar-refractivity contribution < 1.29 is 23.1 Å². The Morgan fingerprint density at radius 1 is 1.15 bits per heavy atom. The van der Waals surface area contributed by atoms with Crippen molar-refractivity contribution in [1.29, 1.82) is 0 Å². The molecule has 0 saturated carbocycles. The van der Waals surface area contributed by atoms with Crippen LogP contribution < -0.4 is 5.32 Å². The fraction of sp³-hybridized carbons (Fsp3) is 0.250. The van der Waals surface area contributed by atoms with Gasteiger partial charge in [0.25, 0.3) is 0 Å². The number of allylic oxidation sites excluding steroid dienone is 2. The molecule has 0 radical (unpaired) electrons. The topological polar surface area (TPSA) is 49.3 Å². The van der Waals surface area contributed by atoms with E-state index in [1.54, 1.807) is 18.2 Å². The Kier molecular flexibility index (Phi) is 3.79. The van der Waals surface area contributed by atoms with Crippen molar-refractivity contribution in [3.63, 3.8) is 0 Å². The molecule has 4 rings (SSSR count). The number of hydrogen-bond acceptors (Lipinski definition) is 2. The third kappa shape index (κ3) is 2.75. The summed E-state index contributed by atoms with van der Waals surface area (Å²) in [6, 6.07) is 10.0. The molecular formula is C20H16F3NO2. The highest BCUT2D eigenvalue weighted by molar-refractivity contribution is 5.89. The quantitative estimate of drug-likeness (QED) is 0.722. The molecule has 1 aliphatic carbocycles. The molecule has 0 amide bonds. The van der Waals surface area contributed by atoms with E-state index in [1.807, 2.05) is 12.2 Å². The largest absolute Gasteiger partial charge is 0.478 e. The summed E-state index contributed by atoms with van der Waals surface area (Å²) in [7, 11) is 0. The predicted octanol–water partition coefficient (Wildman–Crippen LogP) is 5.23. The van der Waals surface area contributed by atoms with Gasteiger partial charge in [0, 0.05) is 11.6 Å². The van der Waals surface area contributed by atoms with E-state index in [1.165, 1.54) is 18.2 Å². The van der Waals surface area contributed by atoms with Crippen LogP contribution in [0.3, 0.4) is 0 Å². The van der Waals surface area contributed by atoms with E-state index >= 15 is 0 Å². The molecule has 2 aliphatic rings. The second-order valence-electron chi connectivity index (χ2n) is 6.71. The first kappa shape index (κ1) is 16.7. The van der Waals surface area contributed by atoms with Gasteiger partial charge in [-0.2, -0.15) is 13.2 Å². The Morgan fingerprint density at radius 3 is 2.69 bits per heavy atom. The number of carboxylic acid groups (broad SMARTS) is 1. The number of carbonyl (C=O) groups is 1. The zero-order valence-electron chi connectivity index (χ0n) is 13.6. The number of nitrogens with one attached hydrogen (secondary N) is 1. The summed E-state index contributed by atoms with van der Waals surface area (Å²) in [5, 5.41) is 12.5. The summed E-state index contributed by atoms with van der Waals surface area (Å²) in [6.07, 6.45) is 0.387. The van der Waals surface area contributed by atoms with Crippen LogP contribution in [0, 0.1) is 5.92 Å². The number of anilines is 1. The molecule has 134 valence electrons. The molecule has 0 bridgehead atoms. The standard InChI is InChI=1S/C20H16F3NO2/c21-20(22,23)13-4-1-3-11(9-13)18-15-6-2-5-14(15)16-10-12(19(25)26)7-8-17(16)24-18/h1-5,7-10,14-15,18,24H,6H2,(H,25,26). The normalized spacial score (nSPS) is 23.9. The molecule has 3 atom stereocenters. The van der Waals surface area contributed by atoms with Gasteiger partial charge in [0.05, 0.1) is 17.2 Å². The van der Waals surface area contributed by atoms with Crippen LogP contribution in [0.4, 0.5) is 18.9 Å². The molecule has 26 heavy (non-hydrogen) atoms. The highest BCUT2D eigenvalue weighted by atomic mass is 19.4. The molecular weight excluding hydrogens is 343 g/mol. The minimum Gasteiger partial charge on any atom is -0.478 e. The van der Waals surface area contributed by atoms with Gasteiger partial charge in [0.2, 0.25) is 0 Å². The Bertz CT molecular complexity index is 904.